The van der Waals surface area contributed by atoms with Gasteiger partial charge in [0.05, 0.1) is 12.0 Å². The van der Waals surface area contributed by atoms with E-state index in [1.807, 2.05) is 18.2 Å². The number of hydrogen-bond acceptors (Lipinski definition) is 5. The van der Waals surface area contributed by atoms with E-state index < -0.39 is 0 Å². The first kappa shape index (κ1) is 12.0. The van der Waals surface area contributed by atoms with Crippen molar-refractivity contribution in [3.63, 3.8) is 0 Å². The molecule has 0 aliphatic carbocycles. The number of furan rings is 1. The topological polar surface area (TPSA) is 101 Å². The van der Waals surface area contributed by atoms with Crippen molar-refractivity contribution >= 4 is 23.5 Å². The van der Waals surface area contributed by atoms with Crippen LogP contribution in [0.2, 0.25) is 0 Å². The van der Waals surface area contributed by atoms with Crippen LogP contribution in [0.3, 0.4) is 0 Å². The predicted octanol–water partition coefficient (Wildman–Crippen LogP) is 1.96. The SMILES string of the molecule is Nc1nc(N(C(=O)c2ccco2)c2ccccc2)n[nH]1. The highest BCUT2D eigenvalue weighted by Crippen LogP contribution is 2.24. The number of amides is 1. The minimum absolute atomic E-state index is 0.133. The standard InChI is InChI=1S/C13H11N5O2/c14-12-15-13(17-16-12)18(9-5-2-1-3-6-9)11(19)10-7-4-8-20-10/h1-8H,(H3,14,15,16,17). The number of rotatable bonds is 3. The number of hydrogen-bond donors (Lipinski definition) is 2. The maximum absolute atomic E-state index is 12.5. The first-order chi connectivity index (χ1) is 9.75. The molecular weight excluding hydrogens is 258 g/mol. The summed E-state index contributed by atoms with van der Waals surface area (Å²) in [6.07, 6.45) is 1.43. The number of carbonyl (C=O) groups excluding carboxylic acids is 1. The summed E-state index contributed by atoms with van der Waals surface area (Å²) in [5, 5.41) is 6.44. The Morgan fingerprint density at radius 1 is 1.20 bits per heavy atom. The monoisotopic (exact) mass is 269 g/mol. The molecule has 0 fully saturated rings. The van der Waals surface area contributed by atoms with E-state index in [1.165, 1.54) is 11.2 Å². The van der Waals surface area contributed by atoms with Crippen molar-refractivity contribution in [2.45, 2.75) is 0 Å². The second-order valence-corrected chi connectivity index (χ2v) is 3.97. The maximum atomic E-state index is 12.5. The molecule has 0 aliphatic heterocycles. The van der Waals surface area contributed by atoms with Crippen LogP contribution in [0.15, 0.2) is 53.1 Å². The van der Waals surface area contributed by atoms with Gasteiger partial charge in [-0.2, -0.15) is 4.98 Å². The normalized spacial score (nSPS) is 10.4. The van der Waals surface area contributed by atoms with E-state index in [9.17, 15) is 4.79 Å². The number of nitrogens with zero attached hydrogens (tertiary/aromatic N) is 3. The van der Waals surface area contributed by atoms with E-state index in [0.717, 1.165) is 0 Å². The highest BCUT2D eigenvalue weighted by molar-refractivity contribution is 6.08. The Kier molecular flexibility index (Phi) is 2.92. The van der Waals surface area contributed by atoms with Crippen LogP contribution < -0.4 is 10.6 Å². The molecule has 2 heterocycles. The number of carbonyl (C=O) groups is 1. The Morgan fingerprint density at radius 2 is 2.00 bits per heavy atom. The van der Waals surface area contributed by atoms with Gasteiger partial charge >= 0.3 is 5.91 Å². The number of aromatic amines is 1. The first-order valence-electron chi connectivity index (χ1n) is 5.86. The van der Waals surface area contributed by atoms with Crippen LogP contribution in [0.25, 0.3) is 0 Å². The molecule has 0 radical (unpaired) electrons. The zero-order chi connectivity index (χ0) is 13.9. The third kappa shape index (κ3) is 2.12. The maximum Gasteiger partial charge on any atom is 0.300 e. The van der Waals surface area contributed by atoms with Gasteiger partial charge in [0.25, 0.3) is 5.95 Å². The van der Waals surface area contributed by atoms with Gasteiger partial charge in [-0.05, 0) is 24.3 Å². The number of aromatic nitrogens is 3. The Labute approximate surface area is 114 Å². The lowest BCUT2D eigenvalue weighted by molar-refractivity contribution is 0.0971. The molecule has 0 spiro atoms. The highest BCUT2D eigenvalue weighted by atomic mass is 16.3. The molecule has 0 saturated heterocycles. The summed E-state index contributed by atoms with van der Waals surface area (Å²) in [4.78, 5) is 17.8. The zero-order valence-electron chi connectivity index (χ0n) is 10.4. The second-order valence-electron chi connectivity index (χ2n) is 3.97. The second kappa shape index (κ2) is 4.88. The van der Waals surface area contributed by atoms with Crippen molar-refractivity contribution in [2.75, 3.05) is 10.6 Å². The summed E-state index contributed by atoms with van der Waals surface area (Å²) in [5.41, 5.74) is 6.14. The van der Waals surface area contributed by atoms with E-state index in [0.29, 0.717) is 5.69 Å². The minimum Gasteiger partial charge on any atom is -0.459 e. The van der Waals surface area contributed by atoms with Crippen LogP contribution in [0, 0.1) is 0 Å². The van der Waals surface area contributed by atoms with Crippen LogP contribution in [-0.4, -0.2) is 21.1 Å². The molecule has 100 valence electrons. The summed E-state index contributed by atoms with van der Waals surface area (Å²) in [6, 6.07) is 12.2. The molecule has 1 amide bonds. The number of anilines is 3. The summed E-state index contributed by atoms with van der Waals surface area (Å²) < 4.78 is 5.14. The number of benzene rings is 1. The summed E-state index contributed by atoms with van der Waals surface area (Å²) in [6.45, 7) is 0. The first-order valence-corrected chi connectivity index (χ1v) is 5.86. The number of H-pyrrole nitrogens is 1. The predicted molar refractivity (Wildman–Crippen MR) is 72.4 cm³/mol. The van der Waals surface area contributed by atoms with Gasteiger partial charge in [0, 0.05) is 0 Å². The smallest absolute Gasteiger partial charge is 0.300 e. The summed E-state index contributed by atoms with van der Waals surface area (Å²) in [5.74, 6) is 0.112. The molecule has 3 rings (SSSR count). The molecule has 0 saturated carbocycles. The molecule has 0 aliphatic rings. The average molecular weight is 269 g/mol. The van der Waals surface area contributed by atoms with Crippen molar-refractivity contribution in [1.82, 2.24) is 15.2 Å². The van der Waals surface area contributed by atoms with E-state index in [-0.39, 0.29) is 23.6 Å². The fraction of sp³-hybridized carbons (Fsp3) is 0. The van der Waals surface area contributed by atoms with Crippen LogP contribution in [0.5, 0.6) is 0 Å². The Bertz CT molecular complexity index is 705. The van der Waals surface area contributed by atoms with Gasteiger partial charge in [-0.1, -0.05) is 18.2 Å². The highest BCUT2D eigenvalue weighted by Gasteiger charge is 2.25. The van der Waals surface area contributed by atoms with E-state index in [4.69, 9.17) is 10.2 Å². The van der Waals surface area contributed by atoms with E-state index in [1.54, 1.807) is 24.3 Å². The molecule has 3 aromatic rings. The van der Waals surface area contributed by atoms with Crippen molar-refractivity contribution < 1.29 is 9.21 Å². The number of nitrogens with one attached hydrogen (secondary N) is 1. The molecule has 2 aromatic heterocycles. The van der Waals surface area contributed by atoms with Gasteiger partial charge < -0.3 is 10.2 Å². The number of para-hydroxylation sites is 1. The molecule has 0 unspecified atom stereocenters. The molecule has 7 heteroatoms. The van der Waals surface area contributed by atoms with Gasteiger partial charge in [0.15, 0.2) is 5.76 Å². The quantitative estimate of drug-likeness (QED) is 0.756. The lowest BCUT2D eigenvalue weighted by Gasteiger charge is -2.17. The van der Waals surface area contributed by atoms with Crippen LogP contribution in [-0.2, 0) is 0 Å². The third-order valence-electron chi connectivity index (χ3n) is 2.64. The van der Waals surface area contributed by atoms with Crippen LogP contribution in [0.4, 0.5) is 17.6 Å². The summed E-state index contributed by atoms with van der Waals surface area (Å²) >= 11 is 0. The van der Waals surface area contributed by atoms with Crippen molar-refractivity contribution in [3.8, 4) is 0 Å². The molecule has 1 aromatic carbocycles. The Hall–Kier alpha value is -3.09. The van der Waals surface area contributed by atoms with Gasteiger partial charge in [-0.25, -0.2) is 10.00 Å². The Morgan fingerprint density at radius 3 is 2.60 bits per heavy atom. The van der Waals surface area contributed by atoms with Gasteiger partial charge in [-0.15, -0.1) is 5.10 Å². The lowest BCUT2D eigenvalue weighted by atomic mass is 10.2. The van der Waals surface area contributed by atoms with Crippen molar-refractivity contribution in [1.29, 1.82) is 0 Å². The van der Waals surface area contributed by atoms with Gasteiger partial charge in [-0.3, -0.25) is 4.79 Å². The third-order valence-corrected chi connectivity index (χ3v) is 2.64. The van der Waals surface area contributed by atoms with E-state index in [2.05, 4.69) is 15.2 Å². The fourth-order valence-corrected chi connectivity index (χ4v) is 1.78. The van der Waals surface area contributed by atoms with Gasteiger partial charge in [0.2, 0.25) is 5.95 Å². The van der Waals surface area contributed by atoms with E-state index >= 15 is 0 Å². The Balaban J connectivity index is 2.07. The lowest BCUT2D eigenvalue weighted by Crippen LogP contribution is -2.26. The largest absolute Gasteiger partial charge is 0.459 e. The van der Waals surface area contributed by atoms with Crippen molar-refractivity contribution in [2.24, 2.45) is 0 Å². The minimum atomic E-state index is -0.375. The molecule has 20 heavy (non-hydrogen) atoms. The molecule has 0 bridgehead atoms. The van der Waals surface area contributed by atoms with Crippen LogP contribution in [0.1, 0.15) is 10.6 Å². The summed E-state index contributed by atoms with van der Waals surface area (Å²) in [7, 11) is 0. The molecule has 0 atom stereocenters. The molecule has 7 nitrogen and oxygen atoms in total. The van der Waals surface area contributed by atoms with Crippen molar-refractivity contribution in [3.05, 3.63) is 54.5 Å². The number of nitrogens with two attached hydrogens (primary N) is 1. The molecular formula is C13H11N5O2. The fourth-order valence-electron chi connectivity index (χ4n) is 1.78. The van der Waals surface area contributed by atoms with Gasteiger partial charge in [0.1, 0.15) is 0 Å². The van der Waals surface area contributed by atoms with Crippen LogP contribution >= 0.6 is 0 Å². The zero-order valence-corrected chi connectivity index (χ0v) is 10.4. The average Bonchev–Trinajstić information content (AvgIpc) is 3.12. The molecule has 3 N–H and O–H groups in total. The number of nitrogen functional groups attached to an aromatic ring is 1.